The summed E-state index contributed by atoms with van der Waals surface area (Å²) in [5.74, 6) is -3.79. The van der Waals surface area contributed by atoms with Crippen LogP contribution in [0.3, 0.4) is 0 Å². The van der Waals surface area contributed by atoms with E-state index in [-0.39, 0.29) is 4.90 Å². The molecule has 1 aliphatic heterocycles. The smallest absolute Gasteiger partial charge is 0.265 e. The summed E-state index contributed by atoms with van der Waals surface area (Å²) in [4.78, 5) is -1.37. The topological polar surface area (TPSA) is 97.5 Å². The normalized spacial score (nSPS) is 17.6. The van der Waals surface area contributed by atoms with Gasteiger partial charge in [-0.05, 0) is 36.8 Å². The van der Waals surface area contributed by atoms with Gasteiger partial charge in [-0.3, -0.25) is 4.31 Å². The highest BCUT2D eigenvalue weighted by Crippen LogP contribution is 2.48. The van der Waals surface area contributed by atoms with Crippen LogP contribution in [0.2, 0.25) is 0 Å². The molecule has 2 aromatic rings. The molecule has 2 aromatic carbocycles. The van der Waals surface area contributed by atoms with E-state index in [1.165, 1.54) is 24.3 Å². The molecule has 0 saturated carbocycles. The Kier molecular flexibility index (Phi) is 4.72. The molecule has 0 aromatic heterocycles. The van der Waals surface area contributed by atoms with Crippen LogP contribution in [-0.2, 0) is 20.0 Å². The Labute approximate surface area is 158 Å². The number of anilines is 1. The second kappa shape index (κ2) is 6.42. The Morgan fingerprint density at radius 2 is 1.64 bits per heavy atom. The van der Waals surface area contributed by atoms with Crippen LogP contribution < -0.4 is 9.44 Å². The lowest BCUT2D eigenvalue weighted by molar-refractivity contribution is -0.146. The number of primary sulfonamides is 1. The van der Waals surface area contributed by atoms with Crippen molar-refractivity contribution in [2.24, 2.45) is 5.14 Å². The minimum atomic E-state index is -4.87. The third-order valence-electron chi connectivity index (χ3n) is 4.38. The minimum Gasteiger partial charge on any atom is -0.265 e. The molecule has 1 aliphatic rings. The number of aryl methyl sites for hydroxylation is 1. The molecule has 1 heterocycles. The van der Waals surface area contributed by atoms with E-state index in [0.717, 1.165) is 5.56 Å². The van der Waals surface area contributed by atoms with E-state index in [9.17, 15) is 34.4 Å². The zero-order valence-corrected chi connectivity index (χ0v) is 15.9. The highest BCUT2D eigenvalue weighted by atomic mass is 32.2. The molecular weight excluding hydrogens is 424 g/mol. The van der Waals surface area contributed by atoms with Crippen LogP contribution in [0.4, 0.5) is 23.2 Å². The number of sulfonamides is 2. The van der Waals surface area contributed by atoms with Gasteiger partial charge in [-0.25, -0.2) is 26.4 Å². The van der Waals surface area contributed by atoms with Crippen LogP contribution >= 0.6 is 0 Å². The quantitative estimate of drug-likeness (QED) is 0.745. The maximum absolute atomic E-state index is 14.1. The third-order valence-corrected chi connectivity index (χ3v) is 7.10. The number of rotatable bonds is 3. The molecule has 12 heteroatoms. The zero-order chi connectivity index (χ0) is 21.1. The summed E-state index contributed by atoms with van der Waals surface area (Å²) in [5.41, 5.74) is -0.520. The van der Waals surface area contributed by atoms with Gasteiger partial charge in [0.1, 0.15) is 16.6 Å². The van der Waals surface area contributed by atoms with Gasteiger partial charge in [-0.2, -0.15) is 13.2 Å². The largest absolute Gasteiger partial charge is 0.397 e. The summed E-state index contributed by atoms with van der Waals surface area (Å²) >= 11 is 0. The van der Waals surface area contributed by atoms with Gasteiger partial charge in [0.25, 0.3) is 10.0 Å². The Hall–Kier alpha value is -2.18. The molecule has 1 atom stereocenters. The van der Waals surface area contributed by atoms with Crippen molar-refractivity contribution in [3.8, 4) is 0 Å². The Balaban J connectivity index is 2.25. The van der Waals surface area contributed by atoms with Crippen molar-refractivity contribution < 1.29 is 34.4 Å². The molecule has 3 rings (SSSR count). The summed E-state index contributed by atoms with van der Waals surface area (Å²) in [6, 6.07) is 6.26. The van der Waals surface area contributed by atoms with Crippen molar-refractivity contribution in [3.63, 3.8) is 0 Å². The molecule has 0 spiro atoms. The van der Waals surface area contributed by atoms with Gasteiger partial charge in [0.05, 0.1) is 17.1 Å². The van der Waals surface area contributed by atoms with Gasteiger partial charge in [0.15, 0.2) is 0 Å². The molecule has 0 fully saturated rings. The average molecular weight is 438 g/mol. The van der Waals surface area contributed by atoms with Gasteiger partial charge < -0.3 is 0 Å². The number of nitrogens with two attached hydrogens (primary N) is 1. The SMILES string of the molecule is Cc1ccc(S(=O)(=O)N2CC(C(F)(F)F)c3cc(F)c(S(N)(=O)=O)cc32)cc1. The molecular formula is C16H14F4N2O4S2. The first kappa shape index (κ1) is 20.6. The van der Waals surface area contributed by atoms with E-state index in [4.69, 9.17) is 5.14 Å². The zero-order valence-electron chi connectivity index (χ0n) is 14.2. The number of nitrogens with zero attached hydrogens (tertiary/aromatic N) is 1. The predicted octanol–water partition coefficient (Wildman–Crippen LogP) is 2.64. The number of alkyl halides is 3. The standard InChI is InChI=1S/C16H14F4N2O4S2/c1-9-2-4-10(5-3-9)28(25,26)22-8-12(16(18,19)20)11-6-13(17)15(7-14(11)22)27(21,23)24/h2-7,12H,8H2,1H3,(H2,21,23,24). The first-order valence-electron chi connectivity index (χ1n) is 7.75. The maximum atomic E-state index is 14.1. The molecule has 0 aliphatic carbocycles. The summed E-state index contributed by atoms with van der Waals surface area (Å²) < 4.78 is 104. The van der Waals surface area contributed by atoms with E-state index in [0.29, 0.717) is 16.4 Å². The van der Waals surface area contributed by atoms with Crippen LogP contribution in [-0.4, -0.2) is 29.6 Å². The second-order valence-electron chi connectivity index (χ2n) is 6.33. The third kappa shape index (κ3) is 3.47. The van der Waals surface area contributed by atoms with Crippen LogP contribution in [0.25, 0.3) is 0 Å². The second-order valence-corrected chi connectivity index (χ2v) is 9.72. The minimum absolute atomic E-state index is 0.284. The molecule has 0 radical (unpaired) electrons. The molecule has 0 bridgehead atoms. The van der Waals surface area contributed by atoms with Crippen molar-refractivity contribution >= 4 is 25.7 Å². The molecule has 0 saturated heterocycles. The first-order valence-corrected chi connectivity index (χ1v) is 10.7. The van der Waals surface area contributed by atoms with Crippen molar-refractivity contribution in [2.45, 2.75) is 28.8 Å². The summed E-state index contributed by atoms with van der Waals surface area (Å²) in [6.45, 7) is 0.658. The number of fused-ring (bicyclic) bond motifs is 1. The summed E-state index contributed by atoms with van der Waals surface area (Å²) in [5, 5.41) is 4.90. The van der Waals surface area contributed by atoms with Gasteiger partial charge in [0.2, 0.25) is 10.0 Å². The van der Waals surface area contributed by atoms with Crippen molar-refractivity contribution in [3.05, 3.63) is 53.3 Å². The number of halogens is 4. The van der Waals surface area contributed by atoms with Crippen LogP contribution in [0.5, 0.6) is 0 Å². The number of benzene rings is 2. The summed E-state index contributed by atoms with van der Waals surface area (Å²) in [7, 11) is -9.09. The number of hydrogen-bond acceptors (Lipinski definition) is 4. The molecule has 28 heavy (non-hydrogen) atoms. The predicted molar refractivity (Wildman–Crippen MR) is 92.3 cm³/mol. The fraction of sp³-hybridized carbons (Fsp3) is 0.250. The average Bonchev–Trinajstić information content (AvgIpc) is 2.92. The molecule has 0 amide bonds. The van der Waals surface area contributed by atoms with E-state index in [2.05, 4.69) is 0 Å². The lowest BCUT2D eigenvalue weighted by atomic mass is 10.0. The lowest BCUT2D eigenvalue weighted by Crippen LogP contribution is -2.33. The summed E-state index contributed by atoms with van der Waals surface area (Å²) in [6.07, 6.45) is -4.87. The van der Waals surface area contributed by atoms with Gasteiger partial charge in [0, 0.05) is 0 Å². The van der Waals surface area contributed by atoms with Gasteiger partial charge in [-0.1, -0.05) is 17.7 Å². The molecule has 152 valence electrons. The van der Waals surface area contributed by atoms with Crippen LogP contribution in [0, 0.1) is 12.7 Å². The van der Waals surface area contributed by atoms with Gasteiger partial charge in [-0.15, -0.1) is 0 Å². The molecule has 1 unspecified atom stereocenters. The van der Waals surface area contributed by atoms with E-state index < -0.39 is 60.6 Å². The van der Waals surface area contributed by atoms with Crippen molar-refractivity contribution in [1.29, 1.82) is 0 Å². The first-order chi connectivity index (χ1) is 12.7. The maximum Gasteiger partial charge on any atom is 0.397 e. The Morgan fingerprint density at radius 1 is 1.07 bits per heavy atom. The molecule has 2 N–H and O–H groups in total. The van der Waals surface area contributed by atoms with E-state index in [1.54, 1.807) is 6.92 Å². The van der Waals surface area contributed by atoms with Crippen molar-refractivity contribution in [2.75, 3.05) is 10.8 Å². The Bertz CT molecular complexity index is 1140. The highest BCUT2D eigenvalue weighted by Gasteiger charge is 2.50. The fourth-order valence-corrected chi connectivity index (χ4v) is 5.08. The lowest BCUT2D eigenvalue weighted by Gasteiger charge is -2.21. The molecule has 6 nitrogen and oxygen atoms in total. The van der Waals surface area contributed by atoms with E-state index in [1.807, 2.05) is 0 Å². The van der Waals surface area contributed by atoms with Crippen molar-refractivity contribution in [1.82, 2.24) is 0 Å². The fourth-order valence-electron chi connectivity index (χ4n) is 2.98. The van der Waals surface area contributed by atoms with E-state index >= 15 is 0 Å². The van der Waals surface area contributed by atoms with Crippen LogP contribution in [0.15, 0.2) is 46.2 Å². The number of hydrogen-bond donors (Lipinski definition) is 1. The monoisotopic (exact) mass is 438 g/mol. The van der Waals surface area contributed by atoms with Gasteiger partial charge >= 0.3 is 6.18 Å². The highest BCUT2D eigenvalue weighted by molar-refractivity contribution is 7.93. The van der Waals surface area contributed by atoms with Crippen LogP contribution in [0.1, 0.15) is 17.0 Å². The Morgan fingerprint density at radius 3 is 2.14 bits per heavy atom.